The first-order valence-corrected chi connectivity index (χ1v) is 9.34. The largest absolute Gasteiger partial charge is 0.276 e. The van der Waals surface area contributed by atoms with E-state index in [1.807, 2.05) is 11.5 Å². The van der Waals surface area contributed by atoms with E-state index >= 15 is 0 Å². The van der Waals surface area contributed by atoms with E-state index in [0.717, 1.165) is 15.4 Å². The average molecular weight is 381 g/mol. The van der Waals surface area contributed by atoms with Crippen LogP contribution in [0.2, 0.25) is 0 Å². The van der Waals surface area contributed by atoms with Gasteiger partial charge in [0, 0.05) is 10.4 Å². The van der Waals surface area contributed by atoms with Crippen LogP contribution in [0.3, 0.4) is 0 Å². The van der Waals surface area contributed by atoms with Crippen LogP contribution < -0.4 is 0 Å². The van der Waals surface area contributed by atoms with Crippen LogP contribution in [0.25, 0.3) is 5.00 Å². The van der Waals surface area contributed by atoms with Crippen LogP contribution in [0, 0.1) is 35.8 Å². The lowest BCUT2D eigenvalue weighted by Crippen LogP contribution is -2.12. The van der Waals surface area contributed by atoms with Gasteiger partial charge in [0.05, 0.1) is 23.3 Å². The molecule has 1 aromatic carbocycles. The molecule has 5 rings (SSSR count). The Balaban J connectivity index is 1.82. The van der Waals surface area contributed by atoms with Gasteiger partial charge in [0.15, 0.2) is 5.82 Å². The fraction of sp³-hybridized carbons (Fsp3) is 0.263. The van der Waals surface area contributed by atoms with E-state index in [1.54, 1.807) is 0 Å². The topological polar surface area (TPSA) is 66.9 Å². The SMILES string of the molecule is Cc1nnc2n1-c1sc3c(c1C(c1c(F)cccc1F)=NC2)C[C@@H](C#N)C3. The van der Waals surface area contributed by atoms with Crippen molar-refractivity contribution in [2.45, 2.75) is 26.3 Å². The van der Waals surface area contributed by atoms with Crippen molar-refractivity contribution in [2.75, 3.05) is 0 Å². The standard InChI is InChI=1S/C19H13F2N5S/c1-9-24-25-15-8-23-18(17-12(20)3-2-4-13(17)21)16-11-5-10(7-22)6-14(11)27-19(16)26(9)15/h2-4,10H,5-6,8H2,1H3/t10-/m1/s1. The highest BCUT2D eigenvalue weighted by Gasteiger charge is 2.35. The summed E-state index contributed by atoms with van der Waals surface area (Å²) in [6, 6.07) is 6.13. The minimum atomic E-state index is -0.649. The van der Waals surface area contributed by atoms with Crippen molar-refractivity contribution in [3.05, 3.63) is 63.0 Å². The molecule has 5 nitrogen and oxygen atoms in total. The number of hydrogen-bond donors (Lipinski definition) is 0. The van der Waals surface area contributed by atoms with Gasteiger partial charge in [-0.25, -0.2) is 8.78 Å². The maximum absolute atomic E-state index is 14.6. The third-order valence-electron chi connectivity index (χ3n) is 5.05. The van der Waals surface area contributed by atoms with Crippen LogP contribution in [-0.2, 0) is 19.4 Å². The van der Waals surface area contributed by atoms with Gasteiger partial charge in [-0.3, -0.25) is 9.56 Å². The zero-order valence-electron chi connectivity index (χ0n) is 14.3. The molecule has 0 spiro atoms. The van der Waals surface area contributed by atoms with Gasteiger partial charge in [-0.1, -0.05) is 6.07 Å². The molecule has 3 aromatic rings. The maximum atomic E-state index is 14.6. The first-order valence-electron chi connectivity index (χ1n) is 8.53. The summed E-state index contributed by atoms with van der Waals surface area (Å²) in [5.74, 6) is -0.0774. The quantitative estimate of drug-likeness (QED) is 0.648. The highest BCUT2D eigenvalue weighted by molar-refractivity contribution is 7.15. The Kier molecular flexibility index (Phi) is 3.49. The third kappa shape index (κ3) is 2.28. The summed E-state index contributed by atoms with van der Waals surface area (Å²) >= 11 is 1.53. The van der Waals surface area contributed by atoms with Gasteiger partial charge >= 0.3 is 0 Å². The van der Waals surface area contributed by atoms with Crippen LogP contribution in [-0.4, -0.2) is 20.5 Å². The average Bonchev–Trinajstić information content (AvgIpc) is 3.27. The molecular weight excluding hydrogens is 368 g/mol. The van der Waals surface area contributed by atoms with Crippen molar-refractivity contribution in [2.24, 2.45) is 10.9 Å². The molecule has 0 amide bonds. The molecule has 3 heterocycles. The molecule has 27 heavy (non-hydrogen) atoms. The number of aliphatic imine (C=N–C) groups is 1. The molecule has 8 heteroatoms. The summed E-state index contributed by atoms with van der Waals surface area (Å²) in [6.45, 7) is 2.03. The van der Waals surface area contributed by atoms with Gasteiger partial charge in [-0.15, -0.1) is 21.5 Å². The van der Waals surface area contributed by atoms with Gasteiger partial charge in [0.25, 0.3) is 0 Å². The number of fused-ring (bicyclic) bond motifs is 5. The lowest BCUT2D eigenvalue weighted by atomic mass is 9.97. The van der Waals surface area contributed by atoms with Crippen molar-refractivity contribution in [3.63, 3.8) is 0 Å². The van der Waals surface area contributed by atoms with Crippen molar-refractivity contribution < 1.29 is 8.78 Å². The smallest absolute Gasteiger partial charge is 0.160 e. The number of hydrogen-bond acceptors (Lipinski definition) is 5. The second kappa shape index (κ2) is 5.79. The molecule has 0 saturated carbocycles. The predicted molar refractivity (Wildman–Crippen MR) is 96.2 cm³/mol. The summed E-state index contributed by atoms with van der Waals surface area (Å²) in [5, 5.41) is 18.5. The second-order valence-corrected chi connectivity index (χ2v) is 7.76. The van der Waals surface area contributed by atoms with E-state index in [-0.39, 0.29) is 18.0 Å². The molecule has 1 aliphatic heterocycles. The fourth-order valence-corrected chi connectivity index (χ4v) is 5.32. The Bertz CT molecular complexity index is 1150. The van der Waals surface area contributed by atoms with E-state index < -0.39 is 11.6 Å². The first-order chi connectivity index (χ1) is 13.1. The fourth-order valence-electron chi connectivity index (χ4n) is 3.84. The highest BCUT2D eigenvalue weighted by Crippen LogP contribution is 2.43. The number of aromatic nitrogens is 3. The first kappa shape index (κ1) is 16.3. The lowest BCUT2D eigenvalue weighted by molar-refractivity contribution is 0.579. The van der Waals surface area contributed by atoms with Gasteiger partial charge in [0.2, 0.25) is 0 Å². The van der Waals surface area contributed by atoms with E-state index in [0.29, 0.717) is 35.8 Å². The maximum Gasteiger partial charge on any atom is 0.160 e. The Morgan fingerprint density at radius 1 is 1.19 bits per heavy atom. The number of rotatable bonds is 1. The van der Waals surface area contributed by atoms with Crippen molar-refractivity contribution in [1.29, 1.82) is 5.26 Å². The van der Waals surface area contributed by atoms with E-state index in [9.17, 15) is 14.0 Å². The predicted octanol–water partition coefficient (Wildman–Crippen LogP) is 3.50. The molecule has 2 aromatic heterocycles. The van der Waals surface area contributed by atoms with Crippen LogP contribution in [0.4, 0.5) is 8.78 Å². The van der Waals surface area contributed by atoms with E-state index in [2.05, 4.69) is 21.3 Å². The molecule has 0 bridgehead atoms. The van der Waals surface area contributed by atoms with Crippen molar-refractivity contribution >= 4 is 17.0 Å². The summed E-state index contributed by atoms with van der Waals surface area (Å²) in [4.78, 5) is 5.62. The number of aryl methyl sites for hydroxylation is 1. The summed E-state index contributed by atoms with van der Waals surface area (Å²) < 4.78 is 31.1. The summed E-state index contributed by atoms with van der Waals surface area (Å²) in [5.41, 5.74) is 1.83. The number of halogens is 2. The third-order valence-corrected chi connectivity index (χ3v) is 6.29. The number of benzene rings is 1. The molecule has 0 radical (unpaired) electrons. The van der Waals surface area contributed by atoms with E-state index in [1.165, 1.54) is 29.5 Å². The Morgan fingerprint density at radius 2 is 1.96 bits per heavy atom. The highest BCUT2D eigenvalue weighted by atomic mass is 32.1. The second-order valence-electron chi connectivity index (χ2n) is 6.68. The Morgan fingerprint density at radius 3 is 2.70 bits per heavy atom. The van der Waals surface area contributed by atoms with Gasteiger partial charge in [-0.05, 0) is 37.5 Å². The van der Waals surface area contributed by atoms with Crippen LogP contribution >= 0.6 is 11.3 Å². The normalized spacial score (nSPS) is 17.6. The zero-order valence-corrected chi connectivity index (χ0v) is 15.1. The Labute approximate surface area is 157 Å². The van der Waals surface area contributed by atoms with Crippen LogP contribution in [0.15, 0.2) is 23.2 Å². The van der Waals surface area contributed by atoms with Gasteiger partial charge in [0.1, 0.15) is 29.0 Å². The monoisotopic (exact) mass is 381 g/mol. The summed E-state index contributed by atoms with van der Waals surface area (Å²) in [7, 11) is 0. The minimum Gasteiger partial charge on any atom is -0.276 e. The molecule has 0 N–H and O–H groups in total. The number of nitriles is 1. The molecule has 134 valence electrons. The molecule has 1 atom stereocenters. The van der Waals surface area contributed by atoms with Gasteiger partial charge in [-0.2, -0.15) is 5.26 Å². The molecule has 0 unspecified atom stereocenters. The molecule has 1 aliphatic carbocycles. The molecular formula is C19H13F2N5S. The summed E-state index contributed by atoms with van der Waals surface area (Å²) in [6.07, 6.45) is 1.20. The zero-order chi connectivity index (χ0) is 18.7. The number of nitrogens with zero attached hydrogens (tertiary/aromatic N) is 5. The minimum absolute atomic E-state index is 0.118. The van der Waals surface area contributed by atoms with Crippen molar-refractivity contribution in [1.82, 2.24) is 14.8 Å². The lowest BCUT2D eigenvalue weighted by Gasteiger charge is -2.12. The van der Waals surface area contributed by atoms with Crippen molar-refractivity contribution in [3.8, 4) is 11.1 Å². The Hall–Kier alpha value is -2.92. The van der Waals surface area contributed by atoms with Gasteiger partial charge < -0.3 is 0 Å². The van der Waals surface area contributed by atoms with Crippen LogP contribution in [0.1, 0.15) is 33.2 Å². The molecule has 2 aliphatic rings. The number of thiophene rings is 1. The molecule has 0 saturated heterocycles. The van der Waals surface area contributed by atoms with E-state index in [4.69, 9.17) is 0 Å². The molecule has 0 fully saturated rings. The van der Waals surface area contributed by atoms with Crippen LogP contribution in [0.5, 0.6) is 0 Å².